The number of fused-ring (bicyclic) bond motifs is 4. The second-order valence-electron chi connectivity index (χ2n) is 7.23. The minimum atomic E-state index is -1.39. The van der Waals surface area contributed by atoms with Crippen LogP contribution >= 0.6 is 11.6 Å². The fourth-order valence-electron chi connectivity index (χ4n) is 4.76. The second-order valence-corrected chi connectivity index (χ2v) is 7.67. The number of carbonyl (C=O) groups excluding carboxylic acids is 3. The van der Waals surface area contributed by atoms with Crippen molar-refractivity contribution in [2.45, 2.75) is 11.6 Å². The van der Waals surface area contributed by atoms with Gasteiger partial charge in [-0.05, 0) is 30.3 Å². The van der Waals surface area contributed by atoms with E-state index < -0.39 is 41.1 Å². The van der Waals surface area contributed by atoms with Crippen LogP contribution in [0.3, 0.4) is 0 Å². The molecule has 1 spiro atoms. The number of carbonyl (C=O) groups is 3. The third kappa shape index (κ3) is 2.03. The van der Waals surface area contributed by atoms with Crippen molar-refractivity contribution in [1.82, 2.24) is 5.32 Å². The summed E-state index contributed by atoms with van der Waals surface area (Å²) < 4.78 is 0. The Labute approximate surface area is 165 Å². The second kappa shape index (κ2) is 5.88. The van der Waals surface area contributed by atoms with Gasteiger partial charge in [-0.25, -0.2) is 4.90 Å². The topological polar surface area (TPSA) is 98.7 Å². The van der Waals surface area contributed by atoms with Crippen LogP contribution in [0.25, 0.3) is 0 Å². The lowest BCUT2D eigenvalue weighted by molar-refractivity contribution is -0.130. The molecule has 3 aliphatic rings. The average Bonchev–Trinajstić information content (AvgIpc) is 3.28. The fraction of sp³-hybridized carbons (Fsp3) is 0.250. The van der Waals surface area contributed by atoms with Crippen LogP contribution in [-0.2, 0) is 19.9 Å². The molecule has 2 fully saturated rings. The number of nitrogens with zero attached hydrogens (tertiary/aromatic N) is 1. The first kappa shape index (κ1) is 17.4. The Morgan fingerprint density at radius 3 is 2.46 bits per heavy atom. The Kier molecular flexibility index (Phi) is 3.64. The van der Waals surface area contributed by atoms with Gasteiger partial charge in [0.15, 0.2) is 0 Å². The molecule has 0 aliphatic carbocycles. The maximum atomic E-state index is 13.4. The van der Waals surface area contributed by atoms with E-state index in [1.54, 1.807) is 48.5 Å². The van der Waals surface area contributed by atoms with Gasteiger partial charge in [-0.1, -0.05) is 29.8 Å². The number of halogens is 1. The zero-order chi connectivity index (χ0) is 19.6. The molecule has 0 saturated carbocycles. The molecule has 4 unspecified atom stereocenters. The van der Waals surface area contributed by atoms with Crippen LogP contribution in [0.4, 0.5) is 11.4 Å². The zero-order valence-electron chi connectivity index (χ0n) is 14.6. The quantitative estimate of drug-likeness (QED) is 0.663. The molecule has 3 N–H and O–H groups in total. The summed E-state index contributed by atoms with van der Waals surface area (Å²) in [6.45, 7) is -0.369. The highest BCUT2D eigenvalue weighted by Crippen LogP contribution is 2.53. The molecule has 5 rings (SSSR count). The van der Waals surface area contributed by atoms with E-state index in [-0.39, 0.29) is 6.61 Å². The number of para-hydroxylation sites is 1. The number of anilines is 2. The molecule has 3 amide bonds. The molecular weight excluding hydrogens is 382 g/mol. The molecule has 7 nitrogen and oxygen atoms in total. The lowest BCUT2D eigenvalue weighted by atomic mass is 9.76. The summed E-state index contributed by atoms with van der Waals surface area (Å²) in [6, 6.07) is 12.8. The normalized spacial score (nSPS) is 30.7. The molecule has 8 heteroatoms. The fourth-order valence-corrected chi connectivity index (χ4v) is 4.88. The van der Waals surface area contributed by atoms with E-state index in [0.717, 1.165) is 4.90 Å². The smallest absolute Gasteiger partial charge is 0.250 e. The Balaban J connectivity index is 1.67. The lowest BCUT2D eigenvalue weighted by Crippen LogP contribution is -2.53. The highest BCUT2D eigenvalue weighted by atomic mass is 35.5. The van der Waals surface area contributed by atoms with E-state index in [2.05, 4.69) is 10.6 Å². The van der Waals surface area contributed by atoms with Crippen molar-refractivity contribution in [3.63, 3.8) is 0 Å². The van der Waals surface area contributed by atoms with Crippen LogP contribution in [0.15, 0.2) is 48.5 Å². The van der Waals surface area contributed by atoms with Gasteiger partial charge in [-0.3, -0.25) is 19.7 Å². The van der Waals surface area contributed by atoms with Crippen LogP contribution < -0.4 is 15.5 Å². The van der Waals surface area contributed by atoms with Crippen LogP contribution in [0.2, 0.25) is 5.02 Å². The number of hydrogen-bond donors (Lipinski definition) is 3. The Morgan fingerprint density at radius 1 is 1.04 bits per heavy atom. The highest BCUT2D eigenvalue weighted by molar-refractivity contribution is 6.31. The molecule has 3 aliphatic heterocycles. The van der Waals surface area contributed by atoms with Crippen molar-refractivity contribution in [3.05, 3.63) is 59.1 Å². The Bertz CT molecular complexity index is 1020. The monoisotopic (exact) mass is 397 g/mol. The van der Waals surface area contributed by atoms with Gasteiger partial charge in [0.2, 0.25) is 17.7 Å². The summed E-state index contributed by atoms with van der Waals surface area (Å²) >= 11 is 5.92. The number of hydrogen-bond acceptors (Lipinski definition) is 5. The van der Waals surface area contributed by atoms with Gasteiger partial charge in [-0.15, -0.1) is 0 Å². The lowest BCUT2D eigenvalue weighted by Gasteiger charge is -2.29. The van der Waals surface area contributed by atoms with Gasteiger partial charge in [-0.2, -0.15) is 0 Å². The van der Waals surface area contributed by atoms with Gasteiger partial charge < -0.3 is 10.4 Å². The van der Waals surface area contributed by atoms with Gasteiger partial charge >= 0.3 is 0 Å². The van der Waals surface area contributed by atoms with E-state index in [1.165, 1.54) is 0 Å². The van der Waals surface area contributed by atoms with E-state index in [4.69, 9.17) is 11.6 Å². The first-order valence-electron chi connectivity index (χ1n) is 8.92. The summed E-state index contributed by atoms with van der Waals surface area (Å²) in [4.78, 5) is 40.8. The number of nitrogens with one attached hydrogen (secondary N) is 2. The first-order valence-corrected chi connectivity index (χ1v) is 9.29. The summed E-state index contributed by atoms with van der Waals surface area (Å²) in [5, 5.41) is 16.3. The number of aliphatic hydroxyl groups is 1. The van der Waals surface area contributed by atoms with Gasteiger partial charge in [0.25, 0.3) is 0 Å². The van der Waals surface area contributed by atoms with Gasteiger partial charge in [0.05, 0.1) is 24.1 Å². The molecule has 28 heavy (non-hydrogen) atoms. The van der Waals surface area contributed by atoms with Crippen LogP contribution in [-0.4, -0.2) is 35.5 Å². The van der Waals surface area contributed by atoms with Crippen molar-refractivity contribution in [2.24, 2.45) is 11.8 Å². The molecule has 142 valence electrons. The summed E-state index contributed by atoms with van der Waals surface area (Å²) in [7, 11) is 0. The largest absolute Gasteiger partial charge is 0.395 e. The molecule has 2 aromatic carbocycles. The highest BCUT2D eigenvalue weighted by Gasteiger charge is 2.70. The number of aliphatic hydroxyl groups excluding tert-OH is 1. The predicted octanol–water partition coefficient (Wildman–Crippen LogP) is 1.26. The molecule has 2 aromatic rings. The van der Waals surface area contributed by atoms with Crippen molar-refractivity contribution in [2.75, 3.05) is 16.8 Å². The number of rotatable bonds is 2. The van der Waals surface area contributed by atoms with Crippen LogP contribution in [0, 0.1) is 11.8 Å². The minimum Gasteiger partial charge on any atom is -0.395 e. The van der Waals surface area contributed by atoms with Gasteiger partial charge in [0.1, 0.15) is 5.54 Å². The molecule has 0 radical (unpaired) electrons. The van der Waals surface area contributed by atoms with Crippen molar-refractivity contribution >= 4 is 40.7 Å². The maximum absolute atomic E-state index is 13.4. The SMILES string of the molecule is O=C1C2C(CO)NC3(C(=O)Nc4ccccc43)C2C(=O)N1c1ccc(Cl)cc1. The molecule has 3 heterocycles. The molecular formula is C20H16ClN3O4. The number of amides is 3. The third-order valence-electron chi connectivity index (χ3n) is 5.90. The molecule has 4 atom stereocenters. The molecule has 2 saturated heterocycles. The van der Waals surface area contributed by atoms with Crippen LogP contribution in [0.5, 0.6) is 0 Å². The summed E-state index contributed by atoms with van der Waals surface area (Å²) in [5.74, 6) is -3.08. The van der Waals surface area contributed by atoms with E-state index in [1.807, 2.05) is 0 Å². The van der Waals surface area contributed by atoms with Crippen molar-refractivity contribution in [3.8, 4) is 0 Å². The van der Waals surface area contributed by atoms with Crippen LogP contribution in [0.1, 0.15) is 5.56 Å². The predicted molar refractivity (Wildman–Crippen MR) is 102 cm³/mol. The van der Waals surface area contributed by atoms with Crippen molar-refractivity contribution < 1.29 is 19.5 Å². The molecule has 0 bridgehead atoms. The zero-order valence-corrected chi connectivity index (χ0v) is 15.3. The standard InChI is InChI=1S/C20H16ClN3O4/c21-10-5-7-11(8-6-10)24-17(26)15-14(9-25)23-20(16(15)18(24)27)12-3-1-2-4-13(12)22-19(20)28/h1-8,14-16,23,25H,9H2,(H,22,28). The van der Waals surface area contributed by atoms with E-state index in [0.29, 0.717) is 22.0 Å². The Morgan fingerprint density at radius 2 is 1.75 bits per heavy atom. The summed E-state index contributed by atoms with van der Waals surface area (Å²) in [6.07, 6.45) is 0. The number of imide groups is 1. The third-order valence-corrected chi connectivity index (χ3v) is 6.16. The van der Waals surface area contributed by atoms with Gasteiger partial charge in [0, 0.05) is 22.3 Å². The number of benzene rings is 2. The maximum Gasteiger partial charge on any atom is 0.250 e. The Hall–Kier alpha value is -2.74. The summed E-state index contributed by atoms with van der Waals surface area (Å²) in [5.41, 5.74) is 0.225. The van der Waals surface area contributed by atoms with E-state index in [9.17, 15) is 19.5 Å². The minimum absolute atomic E-state index is 0.369. The van der Waals surface area contributed by atoms with Crippen molar-refractivity contribution in [1.29, 1.82) is 0 Å². The average molecular weight is 398 g/mol. The van der Waals surface area contributed by atoms with E-state index >= 15 is 0 Å². The first-order chi connectivity index (χ1) is 13.5. The molecule has 0 aromatic heterocycles.